The molecule has 0 nitrogen and oxygen atoms in total. The SMILES string of the molecule is C[Si](Cl)(Cl)CCCCCCCCCCCCCCCCCCCCCCCCBr. The van der Waals surface area contributed by atoms with E-state index in [9.17, 15) is 0 Å². The lowest BCUT2D eigenvalue weighted by atomic mass is 10.0. The summed E-state index contributed by atoms with van der Waals surface area (Å²) in [6.45, 7) is 0.204. The molecule has 0 amide bonds. The normalized spacial score (nSPS) is 12.0. The van der Waals surface area contributed by atoms with E-state index in [1.165, 1.54) is 147 Å². The van der Waals surface area contributed by atoms with Crippen molar-refractivity contribution in [2.75, 3.05) is 5.33 Å². The van der Waals surface area contributed by atoms with Crippen molar-refractivity contribution >= 4 is 44.8 Å². The van der Waals surface area contributed by atoms with Crippen molar-refractivity contribution in [3.05, 3.63) is 0 Å². The summed E-state index contributed by atoms with van der Waals surface area (Å²) in [4.78, 5) is 0. The van der Waals surface area contributed by atoms with Gasteiger partial charge >= 0.3 is 0 Å². The standard InChI is InChI=1S/C25H51BrCl2Si/c1-29(27,28)25-23-21-19-17-15-13-11-9-7-5-3-2-4-6-8-10-12-14-16-18-20-22-24-26/h2-25H2,1H3. The lowest BCUT2D eigenvalue weighted by molar-refractivity contribution is 0.520. The Morgan fingerprint density at radius 2 is 0.621 bits per heavy atom. The maximum absolute atomic E-state index is 6.13. The summed E-state index contributed by atoms with van der Waals surface area (Å²) < 4.78 is 0. The van der Waals surface area contributed by atoms with E-state index in [0.717, 1.165) is 6.04 Å². The molecule has 0 atom stereocenters. The Balaban J connectivity index is 3.02. The monoisotopic (exact) mass is 528 g/mol. The topological polar surface area (TPSA) is 0 Å². The molecule has 0 heterocycles. The lowest BCUT2D eigenvalue weighted by Crippen LogP contribution is -2.11. The van der Waals surface area contributed by atoms with Gasteiger partial charge in [-0.2, -0.15) is 0 Å². The van der Waals surface area contributed by atoms with Crippen LogP contribution in [0.5, 0.6) is 0 Å². The molecule has 0 aliphatic heterocycles. The molecular formula is C25H51BrCl2Si. The highest BCUT2D eigenvalue weighted by atomic mass is 79.9. The lowest BCUT2D eigenvalue weighted by Gasteiger charge is -2.09. The van der Waals surface area contributed by atoms with E-state index in [1.807, 2.05) is 6.55 Å². The molecule has 29 heavy (non-hydrogen) atoms. The van der Waals surface area contributed by atoms with Gasteiger partial charge < -0.3 is 0 Å². The van der Waals surface area contributed by atoms with Crippen LogP contribution in [-0.4, -0.2) is 12.0 Å². The first kappa shape index (κ1) is 30.3. The fraction of sp³-hybridized carbons (Fsp3) is 1.00. The third-order valence-corrected chi connectivity index (χ3v) is 8.93. The van der Waals surface area contributed by atoms with Crippen molar-refractivity contribution in [3.8, 4) is 0 Å². The molecular weight excluding hydrogens is 479 g/mol. The van der Waals surface area contributed by atoms with Crippen molar-refractivity contribution < 1.29 is 0 Å². The number of hydrogen-bond donors (Lipinski definition) is 0. The minimum Gasteiger partial charge on any atom is -0.146 e. The molecule has 0 unspecified atom stereocenters. The van der Waals surface area contributed by atoms with Crippen molar-refractivity contribution in [2.45, 2.75) is 154 Å². The highest BCUT2D eigenvalue weighted by molar-refractivity contribution is 9.09. The van der Waals surface area contributed by atoms with E-state index in [4.69, 9.17) is 22.2 Å². The Hall–Kier alpha value is 1.28. The number of unbranched alkanes of at least 4 members (excludes halogenated alkanes) is 21. The second-order valence-corrected chi connectivity index (χ2v) is 18.3. The van der Waals surface area contributed by atoms with E-state index >= 15 is 0 Å². The fourth-order valence-corrected chi connectivity index (χ4v) is 6.13. The van der Waals surface area contributed by atoms with E-state index in [1.54, 1.807) is 0 Å². The van der Waals surface area contributed by atoms with Gasteiger partial charge in [0.15, 0.2) is 0 Å². The molecule has 0 aromatic carbocycles. The molecule has 0 N–H and O–H groups in total. The predicted octanol–water partition coefficient (Wildman–Crippen LogP) is 11.5. The summed E-state index contributed by atoms with van der Waals surface area (Å²) in [5.41, 5.74) is 0. The molecule has 0 aromatic heterocycles. The quantitative estimate of drug-likeness (QED) is 0.0504. The largest absolute Gasteiger partial charge is 0.248 e. The van der Waals surface area contributed by atoms with Crippen LogP contribution in [0, 0.1) is 0 Å². The van der Waals surface area contributed by atoms with Crippen molar-refractivity contribution in [3.63, 3.8) is 0 Å². The third-order valence-electron chi connectivity index (χ3n) is 6.00. The first-order valence-electron chi connectivity index (χ1n) is 13.0. The first-order chi connectivity index (χ1) is 14.1. The molecule has 0 rings (SSSR count). The molecule has 0 aliphatic carbocycles. The van der Waals surface area contributed by atoms with Crippen LogP contribution >= 0.6 is 38.1 Å². The maximum Gasteiger partial charge on any atom is 0.248 e. The van der Waals surface area contributed by atoms with Crippen LogP contribution in [0.1, 0.15) is 141 Å². The molecule has 0 saturated heterocycles. The van der Waals surface area contributed by atoms with E-state index < -0.39 is 6.69 Å². The second-order valence-electron chi connectivity index (χ2n) is 9.29. The highest BCUT2D eigenvalue weighted by Crippen LogP contribution is 2.23. The van der Waals surface area contributed by atoms with Crippen LogP contribution in [0.3, 0.4) is 0 Å². The summed E-state index contributed by atoms with van der Waals surface area (Å²) in [7, 11) is 0. The zero-order chi connectivity index (χ0) is 21.5. The first-order valence-corrected chi connectivity index (χ1v) is 18.9. The van der Waals surface area contributed by atoms with Gasteiger partial charge in [-0.15, -0.1) is 22.2 Å². The van der Waals surface area contributed by atoms with Gasteiger partial charge in [0.25, 0.3) is 0 Å². The zero-order valence-electron chi connectivity index (χ0n) is 19.6. The summed E-state index contributed by atoms with van der Waals surface area (Å²) in [5.74, 6) is 0. The summed E-state index contributed by atoms with van der Waals surface area (Å²) in [5, 5.41) is 1.18. The average Bonchev–Trinajstić information content (AvgIpc) is 2.67. The summed E-state index contributed by atoms with van der Waals surface area (Å²) >= 11 is 15.8. The van der Waals surface area contributed by atoms with Gasteiger partial charge in [-0.3, -0.25) is 0 Å². The average molecular weight is 531 g/mol. The number of alkyl halides is 1. The Labute approximate surface area is 203 Å². The van der Waals surface area contributed by atoms with Crippen LogP contribution < -0.4 is 0 Å². The second kappa shape index (κ2) is 23.9. The van der Waals surface area contributed by atoms with Crippen LogP contribution in [0.2, 0.25) is 12.6 Å². The number of rotatable bonds is 24. The number of hydrogen-bond acceptors (Lipinski definition) is 0. The third kappa shape index (κ3) is 29.3. The van der Waals surface area contributed by atoms with Crippen LogP contribution in [0.4, 0.5) is 0 Å². The molecule has 0 saturated carbocycles. The van der Waals surface area contributed by atoms with Gasteiger partial charge in [-0.25, -0.2) is 0 Å². The van der Waals surface area contributed by atoms with Crippen molar-refractivity contribution in [1.29, 1.82) is 0 Å². The van der Waals surface area contributed by atoms with Gasteiger partial charge in [0.2, 0.25) is 6.69 Å². The van der Waals surface area contributed by atoms with E-state index in [-0.39, 0.29) is 0 Å². The van der Waals surface area contributed by atoms with Gasteiger partial charge in [-0.05, 0) is 19.0 Å². The minimum absolute atomic E-state index is 1.06. The van der Waals surface area contributed by atoms with Crippen molar-refractivity contribution in [1.82, 2.24) is 0 Å². The fourth-order valence-electron chi connectivity index (χ4n) is 4.07. The Morgan fingerprint density at radius 1 is 0.414 bits per heavy atom. The molecule has 4 heteroatoms. The molecule has 0 radical (unpaired) electrons. The highest BCUT2D eigenvalue weighted by Gasteiger charge is 2.19. The molecule has 0 fully saturated rings. The Bertz CT molecular complexity index is 308. The van der Waals surface area contributed by atoms with E-state index in [2.05, 4.69) is 15.9 Å². The van der Waals surface area contributed by atoms with Crippen molar-refractivity contribution in [2.24, 2.45) is 0 Å². The summed E-state index contributed by atoms with van der Waals surface area (Å²) in [6.07, 6.45) is 31.4. The molecule has 0 spiro atoms. The smallest absolute Gasteiger partial charge is 0.146 e. The van der Waals surface area contributed by atoms with Gasteiger partial charge in [0.05, 0.1) is 0 Å². The number of halogens is 3. The van der Waals surface area contributed by atoms with Crippen LogP contribution in [0.15, 0.2) is 0 Å². The maximum atomic E-state index is 6.13. The molecule has 0 bridgehead atoms. The van der Waals surface area contributed by atoms with Gasteiger partial charge in [0, 0.05) is 5.33 Å². The molecule has 0 aromatic rings. The Kier molecular flexibility index (Phi) is 25.0. The summed E-state index contributed by atoms with van der Waals surface area (Å²) in [6, 6.07) is 1.06. The van der Waals surface area contributed by atoms with Crippen LogP contribution in [-0.2, 0) is 0 Å². The predicted molar refractivity (Wildman–Crippen MR) is 143 cm³/mol. The Morgan fingerprint density at radius 3 is 0.828 bits per heavy atom. The molecule has 176 valence electrons. The van der Waals surface area contributed by atoms with Gasteiger partial charge in [0.1, 0.15) is 0 Å². The van der Waals surface area contributed by atoms with Crippen LogP contribution in [0.25, 0.3) is 0 Å². The van der Waals surface area contributed by atoms with Gasteiger partial charge in [-0.1, -0.05) is 151 Å². The minimum atomic E-state index is -1.83. The molecule has 0 aliphatic rings. The van der Waals surface area contributed by atoms with E-state index in [0.29, 0.717) is 0 Å². The zero-order valence-corrected chi connectivity index (χ0v) is 23.7.